The minimum Gasteiger partial charge on any atom is -0.326 e. The number of nitriles is 1. The van der Waals surface area contributed by atoms with E-state index in [1.807, 2.05) is 42.7 Å². The van der Waals surface area contributed by atoms with Gasteiger partial charge in [-0.25, -0.2) is 0 Å². The Morgan fingerprint density at radius 1 is 1.29 bits per heavy atom. The van der Waals surface area contributed by atoms with Crippen LogP contribution in [0.5, 0.6) is 0 Å². The molecule has 0 bridgehead atoms. The monoisotopic (exact) mass is 316 g/mol. The highest BCUT2D eigenvalue weighted by Crippen LogP contribution is 2.29. The van der Waals surface area contributed by atoms with Gasteiger partial charge in [-0.05, 0) is 42.4 Å². The number of amides is 1. The fourth-order valence-electron chi connectivity index (χ4n) is 1.85. The molecule has 5 heteroatoms. The smallest absolute Gasteiger partial charge is 0.231 e. The van der Waals surface area contributed by atoms with Crippen molar-refractivity contribution in [3.8, 4) is 5.40 Å². The molecule has 0 fully saturated rings. The van der Waals surface area contributed by atoms with E-state index in [9.17, 15) is 4.79 Å². The molecule has 1 atom stereocenters. The first-order chi connectivity index (χ1) is 10.1. The van der Waals surface area contributed by atoms with Crippen LogP contribution in [0.3, 0.4) is 0 Å². The van der Waals surface area contributed by atoms with Crippen molar-refractivity contribution in [3.63, 3.8) is 0 Å². The van der Waals surface area contributed by atoms with Crippen molar-refractivity contribution in [3.05, 3.63) is 59.1 Å². The van der Waals surface area contributed by atoms with Gasteiger partial charge >= 0.3 is 0 Å². The second-order valence-electron chi connectivity index (χ2n) is 4.46. The highest BCUT2D eigenvalue weighted by Gasteiger charge is 2.15. The SMILES string of the molecule is C[C@H](C(=O)Nc1ccc(SC#N)c(Cl)c1)c1ccccc1. The summed E-state index contributed by atoms with van der Waals surface area (Å²) in [5.74, 6) is -0.351. The van der Waals surface area contributed by atoms with Gasteiger partial charge in [0.15, 0.2) is 0 Å². The Bertz CT molecular complexity index is 682. The molecule has 0 aliphatic rings. The topological polar surface area (TPSA) is 52.9 Å². The maximum Gasteiger partial charge on any atom is 0.231 e. The Hall–Kier alpha value is -1.96. The van der Waals surface area contributed by atoms with E-state index in [2.05, 4.69) is 5.32 Å². The number of rotatable bonds is 4. The first kappa shape index (κ1) is 15.4. The van der Waals surface area contributed by atoms with Crippen molar-refractivity contribution in [2.45, 2.75) is 17.7 Å². The maximum absolute atomic E-state index is 12.2. The summed E-state index contributed by atoms with van der Waals surface area (Å²) in [7, 11) is 0. The van der Waals surface area contributed by atoms with Crippen molar-refractivity contribution in [2.75, 3.05) is 5.32 Å². The van der Waals surface area contributed by atoms with Crippen molar-refractivity contribution < 1.29 is 4.79 Å². The minimum atomic E-state index is -0.252. The van der Waals surface area contributed by atoms with Gasteiger partial charge in [-0.15, -0.1) is 0 Å². The largest absolute Gasteiger partial charge is 0.326 e. The molecule has 0 saturated carbocycles. The van der Waals surface area contributed by atoms with Gasteiger partial charge in [-0.2, -0.15) is 5.26 Å². The van der Waals surface area contributed by atoms with Crippen LogP contribution < -0.4 is 5.32 Å². The summed E-state index contributed by atoms with van der Waals surface area (Å²) >= 11 is 7.06. The minimum absolute atomic E-state index is 0.0991. The molecule has 1 amide bonds. The molecule has 0 saturated heterocycles. The highest BCUT2D eigenvalue weighted by molar-refractivity contribution is 8.03. The Labute approximate surface area is 132 Å². The average Bonchev–Trinajstić information content (AvgIpc) is 2.50. The van der Waals surface area contributed by atoms with Crippen LogP contribution in [0.25, 0.3) is 0 Å². The van der Waals surface area contributed by atoms with Gasteiger partial charge in [-0.1, -0.05) is 41.9 Å². The normalized spacial score (nSPS) is 11.5. The molecule has 0 aliphatic heterocycles. The van der Waals surface area contributed by atoms with Gasteiger partial charge in [0, 0.05) is 10.6 Å². The number of nitrogens with zero attached hydrogens (tertiary/aromatic N) is 1. The summed E-state index contributed by atoms with van der Waals surface area (Å²) in [5, 5.41) is 13.9. The van der Waals surface area contributed by atoms with Gasteiger partial charge < -0.3 is 5.32 Å². The summed E-state index contributed by atoms with van der Waals surface area (Å²) in [6, 6.07) is 14.7. The lowest BCUT2D eigenvalue weighted by Crippen LogP contribution is -2.18. The number of thiocyanates is 1. The Morgan fingerprint density at radius 2 is 2.00 bits per heavy atom. The lowest BCUT2D eigenvalue weighted by atomic mass is 10.0. The van der Waals surface area contributed by atoms with Crippen LogP contribution in [0.15, 0.2) is 53.4 Å². The molecule has 0 aromatic heterocycles. The van der Waals surface area contributed by atoms with E-state index in [0.29, 0.717) is 15.6 Å². The molecular weight excluding hydrogens is 304 g/mol. The summed E-state index contributed by atoms with van der Waals surface area (Å²) < 4.78 is 0. The van der Waals surface area contributed by atoms with E-state index in [4.69, 9.17) is 16.9 Å². The summed E-state index contributed by atoms with van der Waals surface area (Å²) in [4.78, 5) is 12.9. The molecule has 0 heterocycles. The Morgan fingerprint density at radius 3 is 2.62 bits per heavy atom. The quantitative estimate of drug-likeness (QED) is 0.659. The van der Waals surface area contributed by atoms with Crippen LogP contribution in [0.2, 0.25) is 5.02 Å². The molecule has 3 nitrogen and oxygen atoms in total. The molecule has 1 N–H and O–H groups in total. The number of hydrogen-bond acceptors (Lipinski definition) is 3. The van der Waals surface area contributed by atoms with E-state index in [1.165, 1.54) is 0 Å². The average molecular weight is 317 g/mol. The number of thioether (sulfide) groups is 1. The number of benzene rings is 2. The van der Waals surface area contributed by atoms with E-state index < -0.39 is 0 Å². The van der Waals surface area contributed by atoms with E-state index in [1.54, 1.807) is 18.2 Å². The maximum atomic E-state index is 12.2. The van der Waals surface area contributed by atoms with Gasteiger partial charge in [0.25, 0.3) is 0 Å². The molecule has 106 valence electrons. The fraction of sp³-hybridized carbons (Fsp3) is 0.125. The number of nitrogens with one attached hydrogen (secondary N) is 1. The molecule has 21 heavy (non-hydrogen) atoms. The van der Waals surface area contributed by atoms with Gasteiger partial charge in [0.1, 0.15) is 5.40 Å². The van der Waals surface area contributed by atoms with Crippen LogP contribution >= 0.6 is 23.4 Å². The second-order valence-corrected chi connectivity index (χ2v) is 5.69. The van der Waals surface area contributed by atoms with Crippen molar-refractivity contribution in [2.24, 2.45) is 0 Å². The summed E-state index contributed by atoms with van der Waals surface area (Å²) in [6.45, 7) is 1.85. The third kappa shape index (κ3) is 4.01. The number of hydrogen-bond donors (Lipinski definition) is 1. The third-order valence-electron chi connectivity index (χ3n) is 3.05. The molecule has 0 unspecified atom stereocenters. The predicted molar refractivity (Wildman–Crippen MR) is 86.4 cm³/mol. The molecule has 0 spiro atoms. The van der Waals surface area contributed by atoms with Crippen molar-refractivity contribution in [1.29, 1.82) is 5.26 Å². The molecule has 2 aromatic rings. The first-order valence-electron chi connectivity index (χ1n) is 6.33. The molecule has 0 radical (unpaired) electrons. The van der Waals surface area contributed by atoms with E-state index in [-0.39, 0.29) is 11.8 Å². The third-order valence-corrected chi connectivity index (χ3v) is 4.14. The Balaban J connectivity index is 2.10. The van der Waals surface area contributed by atoms with Crippen LogP contribution in [-0.2, 0) is 4.79 Å². The highest BCUT2D eigenvalue weighted by atomic mass is 35.5. The lowest BCUT2D eigenvalue weighted by Gasteiger charge is -2.13. The standard InChI is InChI=1S/C16H13ClN2OS/c1-11(12-5-3-2-4-6-12)16(20)19-13-7-8-15(21-10-18)14(17)9-13/h2-9,11H,1H3,(H,19,20)/t11-/m0/s1. The van der Waals surface area contributed by atoms with Crippen LogP contribution in [0, 0.1) is 10.7 Å². The van der Waals surface area contributed by atoms with E-state index in [0.717, 1.165) is 17.3 Å². The van der Waals surface area contributed by atoms with Gasteiger partial charge in [0.2, 0.25) is 5.91 Å². The van der Waals surface area contributed by atoms with Gasteiger partial charge in [-0.3, -0.25) is 4.79 Å². The molecule has 0 aliphatic carbocycles. The number of carbonyl (C=O) groups excluding carboxylic acids is 1. The summed E-state index contributed by atoms with van der Waals surface area (Å²) in [5.41, 5.74) is 1.58. The fourth-order valence-corrected chi connectivity index (χ4v) is 2.54. The zero-order chi connectivity index (χ0) is 15.2. The lowest BCUT2D eigenvalue weighted by molar-refractivity contribution is -0.117. The number of carbonyl (C=O) groups is 1. The molecular formula is C16H13ClN2OS. The number of anilines is 1. The van der Waals surface area contributed by atoms with Crippen LogP contribution in [0.4, 0.5) is 5.69 Å². The zero-order valence-electron chi connectivity index (χ0n) is 11.3. The van der Waals surface area contributed by atoms with Gasteiger partial charge in [0.05, 0.1) is 10.9 Å². The van der Waals surface area contributed by atoms with Crippen LogP contribution in [0.1, 0.15) is 18.4 Å². The first-order valence-corrected chi connectivity index (χ1v) is 7.52. The van der Waals surface area contributed by atoms with E-state index >= 15 is 0 Å². The number of halogens is 1. The van der Waals surface area contributed by atoms with Crippen molar-refractivity contribution in [1.82, 2.24) is 0 Å². The second kappa shape index (κ2) is 7.16. The molecule has 2 rings (SSSR count). The van der Waals surface area contributed by atoms with Crippen molar-refractivity contribution >= 4 is 35.0 Å². The predicted octanol–water partition coefficient (Wildman–Crippen LogP) is 4.66. The zero-order valence-corrected chi connectivity index (χ0v) is 12.9. The molecule has 2 aromatic carbocycles. The summed E-state index contributed by atoms with van der Waals surface area (Å²) in [6.07, 6.45) is 0. The Kier molecular flexibility index (Phi) is 5.26. The van der Waals surface area contributed by atoms with Crippen LogP contribution in [-0.4, -0.2) is 5.91 Å².